The molecule has 2 amide bonds. The zero-order chi connectivity index (χ0) is 22.9. The Hall–Kier alpha value is -2.41. The number of carboxylic acid groups (broad SMARTS) is 1. The zero-order valence-corrected chi connectivity index (χ0v) is 19.2. The van der Waals surface area contributed by atoms with Crippen LogP contribution in [0.2, 0.25) is 0 Å². The molecule has 0 radical (unpaired) electrons. The summed E-state index contributed by atoms with van der Waals surface area (Å²) in [6, 6.07) is 8.92. The summed E-state index contributed by atoms with van der Waals surface area (Å²) in [5.41, 5.74) is 2.77. The highest BCUT2D eigenvalue weighted by molar-refractivity contribution is 5.82. The summed E-state index contributed by atoms with van der Waals surface area (Å²) in [5, 5.41) is 9.81. The first kappa shape index (κ1) is 24.2. The molecule has 3 saturated heterocycles. The maximum Gasteiger partial charge on any atom is 0.290 e. The summed E-state index contributed by atoms with van der Waals surface area (Å²) in [5.74, 6) is 1.90. The smallest absolute Gasteiger partial charge is 0.290 e. The fourth-order valence-corrected chi connectivity index (χ4v) is 5.44. The van der Waals surface area contributed by atoms with Gasteiger partial charge in [0.15, 0.2) is 0 Å². The van der Waals surface area contributed by atoms with Crippen molar-refractivity contribution in [2.24, 2.45) is 11.8 Å². The van der Waals surface area contributed by atoms with E-state index in [0.717, 1.165) is 50.7 Å². The number of piperidine rings is 2. The Bertz CT molecular complexity index is 768. The number of benzene rings is 1. The van der Waals surface area contributed by atoms with E-state index in [1.54, 1.807) is 0 Å². The Kier molecular flexibility index (Phi) is 9.09. The van der Waals surface area contributed by atoms with E-state index >= 15 is 0 Å². The Labute approximate surface area is 191 Å². The van der Waals surface area contributed by atoms with Gasteiger partial charge in [-0.05, 0) is 69.5 Å². The molecule has 3 aliphatic rings. The third kappa shape index (κ3) is 7.05. The van der Waals surface area contributed by atoms with Gasteiger partial charge in [0.25, 0.3) is 6.47 Å². The molecule has 4 rings (SSSR count). The van der Waals surface area contributed by atoms with Crippen molar-refractivity contribution in [3.8, 4) is 0 Å². The van der Waals surface area contributed by atoms with Gasteiger partial charge in [0.05, 0.1) is 0 Å². The highest BCUT2D eigenvalue weighted by Gasteiger charge is 2.32. The molecular formula is C25H37N3O4. The van der Waals surface area contributed by atoms with Gasteiger partial charge in [-0.15, -0.1) is 0 Å². The van der Waals surface area contributed by atoms with Crippen LogP contribution in [0.25, 0.3) is 0 Å². The third-order valence-corrected chi connectivity index (χ3v) is 7.19. The van der Waals surface area contributed by atoms with Crippen LogP contribution < -0.4 is 5.32 Å². The minimum atomic E-state index is -0.250. The summed E-state index contributed by atoms with van der Waals surface area (Å²) >= 11 is 0. The van der Waals surface area contributed by atoms with Crippen LogP contribution in [0.15, 0.2) is 24.3 Å². The lowest BCUT2D eigenvalue weighted by Crippen LogP contribution is -2.44. The summed E-state index contributed by atoms with van der Waals surface area (Å²) in [4.78, 5) is 36.9. The molecule has 3 heterocycles. The molecule has 176 valence electrons. The average Bonchev–Trinajstić information content (AvgIpc) is 3.19. The van der Waals surface area contributed by atoms with Crippen LogP contribution in [0.4, 0.5) is 0 Å². The zero-order valence-electron chi connectivity index (χ0n) is 19.2. The number of likely N-dealkylation sites (tertiary alicyclic amines) is 2. The fourth-order valence-electron chi connectivity index (χ4n) is 5.44. The molecule has 0 saturated carbocycles. The number of rotatable bonds is 5. The normalized spacial score (nSPS) is 22.7. The van der Waals surface area contributed by atoms with Gasteiger partial charge < -0.3 is 15.3 Å². The van der Waals surface area contributed by atoms with Crippen molar-refractivity contribution in [2.45, 2.75) is 64.5 Å². The van der Waals surface area contributed by atoms with Gasteiger partial charge in [-0.25, -0.2) is 0 Å². The van der Waals surface area contributed by atoms with E-state index in [4.69, 9.17) is 9.90 Å². The van der Waals surface area contributed by atoms with Crippen molar-refractivity contribution >= 4 is 18.3 Å². The first-order valence-electron chi connectivity index (χ1n) is 11.9. The van der Waals surface area contributed by atoms with Gasteiger partial charge in [-0.2, -0.15) is 0 Å². The summed E-state index contributed by atoms with van der Waals surface area (Å²) < 4.78 is 0. The third-order valence-electron chi connectivity index (χ3n) is 7.19. The molecule has 7 nitrogen and oxygen atoms in total. The SMILES string of the molecule is Cc1cccc(CN2CCC(C3CCN(C(=O)C[C@H]4CCC(=O)N4)CC3)CC2)c1.O=CO. The number of nitrogens with one attached hydrogen (secondary N) is 1. The molecule has 2 N–H and O–H groups in total. The van der Waals surface area contributed by atoms with Crippen LogP contribution >= 0.6 is 0 Å². The summed E-state index contributed by atoms with van der Waals surface area (Å²) in [6.45, 7) is 7.16. The van der Waals surface area contributed by atoms with Crippen LogP contribution in [0.5, 0.6) is 0 Å². The van der Waals surface area contributed by atoms with Crippen LogP contribution in [-0.2, 0) is 20.9 Å². The van der Waals surface area contributed by atoms with Crippen molar-refractivity contribution in [1.29, 1.82) is 0 Å². The number of carbonyl (C=O) groups is 3. The van der Waals surface area contributed by atoms with Crippen molar-refractivity contribution in [3.05, 3.63) is 35.4 Å². The predicted octanol–water partition coefficient (Wildman–Crippen LogP) is 2.82. The van der Waals surface area contributed by atoms with Crippen molar-refractivity contribution < 1.29 is 19.5 Å². The minimum Gasteiger partial charge on any atom is -0.483 e. The maximum absolute atomic E-state index is 12.6. The Morgan fingerprint density at radius 3 is 2.28 bits per heavy atom. The molecule has 0 aromatic heterocycles. The van der Waals surface area contributed by atoms with Crippen LogP contribution in [-0.4, -0.2) is 65.4 Å². The number of carbonyl (C=O) groups excluding carboxylic acids is 2. The molecule has 3 aliphatic heterocycles. The Morgan fingerprint density at radius 2 is 1.72 bits per heavy atom. The monoisotopic (exact) mass is 443 g/mol. The maximum atomic E-state index is 12.6. The van der Waals surface area contributed by atoms with Crippen molar-refractivity contribution in [2.75, 3.05) is 26.2 Å². The highest BCUT2D eigenvalue weighted by Crippen LogP contribution is 2.33. The Morgan fingerprint density at radius 1 is 1.09 bits per heavy atom. The number of nitrogens with zero attached hydrogens (tertiary/aromatic N) is 2. The quantitative estimate of drug-likeness (QED) is 0.683. The number of aryl methyl sites for hydroxylation is 1. The van der Waals surface area contributed by atoms with Crippen LogP contribution in [0.3, 0.4) is 0 Å². The second-order valence-corrected chi connectivity index (χ2v) is 9.43. The molecule has 0 aliphatic carbocycles. The van der Waals surface area contributed by atoms with Crippen LogP contribution in [0.1, 0.15) is 56.1 Å². The number of hydrogen-bond donors (Lipinski definition) is 2. The van der Waals surface area contributed by atoms with Gasteiger partial charge >= 0.3 is 0 Å². The highest BCUT2D eigenvalue weighted by atomic mass is 16.3. The molecule has 0 bridgehead atoms. The van der Waals surface area contributed by atoms with E-state index < -0.39 is 0 Å². The van der Waals surface area contributed by atoms with Crippen molar-refractivity contribution in [3.63, 3.8) is 0 Å². The topological polar surface area (TPSA) is 90.0 Å². The lowest BCUT2D eigenvalue weighted by molar-refractivity contribution is -0.133. The molecule has 0 unspecified atom stereocenters. The van der Waals surface area contributed by atoms with Gasteiger partial charge in [0.1, 0.15) is 0 Å². The first-order chi connectivity index (χ1) is 15.5. The second-order valence-electron chi connectivity index (χ2n) is 9.43. The molecule has 1 aromatic carbocycles. The largest absolute Gasteiger partial charge is 0.483 e. The van der Waals surface area contributed by atoms with E-state index in [1.807, 2.05) is 4.90 Å². The molecule has 1 aromatic rings. The predicted molar refractivity (Wildman–Crippen MR) is 123 cm³/mol. The lowest BCUT2D eigenvalue weighted by atomic mass is 9.78. The molecule has 1 atom stereocenters. The van der Waals surface area contributed by atoms with Crippen molar-refractivity contribution in [1.82, 2.24) is 15.1 Å². The van der Waals surface area contributed by atoms with E-state index in [-0.39, 0.29) is 24.3 Å². The van der Waals surface area contributed by atoms with Gasteiger partial charge in [-0.1, -0.05) is 29.8 Å². The Balaban J connectivity index is 0.000000913. The molecule has 3 fully saturated rings. The van der Waals surface area contributed by atoms with E-state index in [9.17, 15) is 9.59 Å². The average molecular weight is 444 g/mol. The lowest BCUT2D eigenvalue weighted by Gasteiger charge is -2.40. The van der Waals surface area contributed by atoms with Gasteiger partial charge in [-0.3, -0.25) is 19.3 Å². The summed E-state index contributed by atoms with van der Waals surface area (Å²) in [6.07, 6.45) is 6.73. The van der Waals surface area contributed by atoms with Gasteiger partial charge in [0.2, 0.25) is 11.8 Å². The molecule has 7 heteroatoms. The minimum absolute atomic E-state index is 0.0606. The standard InChI is InChI=1S/C24H35N3O2.CH2O2/c1-18-3-2-4-19(15-18)17-26-11-7-20(8-12-26)21-9-13-27(14-10-21)24(29)16-22-5-6-23(28)25-22;2-1-3/h2-4,15,20-22H,5-14,16-17H2,1H3,(H,25,28);1H,(H,2,3)/t22-;/m1./s1. The van der Waals surface area contributed by atoms with Crippen LogP contribution in [0, 0.1) is 18.8 Å². The van der Waals surface area contributed by atoms with Gasteiger partial charge in [0, 0.05) is 38.5 Å². The number of amides is 2. The fraction of sp³-hybridized carbons (Fsp3) is 0.640. The second kappa shape index (κ2) is 12.0. The molecule has 0 spiro atoms. The van der Waals surface area contributed by atoms with E-state index in [1.165, 1.54) is 37.1 Å². The first-order valence-corrected chi connectivity index (χ1v) is 11.9. The molecule has 32 heavy (non-hydrogen) atoms. The molecular weight excluding hydrogens is 406 g/mol. The van der Waals surface area contributed by atoms with E-state index in [0.29, 0.717) is 12.8 Å². The summed E-state index contributed by atoms with van der Waals surface area (Å²) in [7, 11) is 0. The van der Waals surface area contributed by atoms with E-state index in [2.05, 4.69) is 41.4 Å². The number of hydrogen-bond acceptors (Lipinski definition) is 4.